The number of pyridine rings is 1. The van der Waals surface area contributed by atoms with Crippen LogP contribution in [0.3, 0.4) is 0 Å². The van der Waals surface area contributed by atoms with Gasteiger partial charge in [0, 0.05) is 35.3 Å². The van der Waals surface area contributed by atoms with Gasteiger partial charge < -0.3 is 13.9 Å². The molecule has 6 heteroatoms. The van der Waals surface area contributed by atoms with Crippen molar-refractivity contribution in [1.82, 2.24) is 9.30 Å². The van der Waals surface area contributed by atoms with Crippen LogP contribution in [0.15, 0.2) is 22.8 Å². The third-order valence-corrected chi connectivity index (χ3v) is 5.35. The fourth-order valence-electron chi connectivity index (χ4n) is 3.77. The SMILES string of the molecule is CCC(c1cc2cc(Br)cn2c(C(=O)OC(C)C)c1C)N1CCOCC1. The van der Waals surface area contributed by atoms with Crippen molar-refractivity contribution in [2.75, 3.05) is 26.3 Å². The number of esters is 1. The minimum atomic E-state index is -0.274. The number of hydrogen-bond acceptors (Lipinski definition) is 4. The maximum atomic E-state index is 12.8. The van der Waals surface area contributed by atoms with E-state index in [1.54, 1.807) is 0 Å². The Bertz CT molecular complexity index is 794. The zero-order chi connectivity index (χ0) is 18.8. The van der Waals surface area contributed by atoms with Crippen LogP contribution in [-0.4, -0.2) is 47.7 Å². The Balaban J connectivity index is 2.12. The Morgan fingerprint density at radius 3 is 2.62 bits per heavy atom. The molecule has 3 heterocycles. The maximum Gasteiger partial charge on any atom is 0.355 e. The van der Waals surface area contributed by atoms with E-state index in [1.165, 1.54) is 5.56 Å². The van der Waals surface area contributed by atoms with Gasteiger partial charge in [-0.15, -0.1) is 0 Å². The van der Waals surface area contributed by atoms with E-state index < -0.39 is 0 Å². The van der Waals surface area contributed by atoms with Crippen molar-refractivity contribution < 1.29 is 14.3 Å². The molecule has 0 aliphatic carbocycles. The summed E-state index contributed by atoms with van der Waals surface area (Å²) in [5.74, 6) is -0.274. The first-order valence-electron chi connectivity index (χ1n) is 9.26. The number of carbonyl (C=O) groups excluding carboxylic acids is 1. The fraction of sp³-hybridized carbons (Fsp3) is 0.550. The number of morpholine rings is 1. The van der Waals surface area contributed by atoms with Crippen molar-refractivity contribution in [1.29, 1.82) is 0 Å². The van der Waals surface area contributed by atoms with Crippen molar-refractivity contribution in [3.63, 3.8) is 0 Å². The van der Waals surface area contributed by atoms with Gasteiger partial charge in [0.25, 0.3) is 0 Å². The van der Waals surface area contributed by atoms with Gasteiger partial charge in [0.15, 0.2) is 0 Å². The molecular formula is C20H27BrN2O3. The number of aromatic nitrogens is 1. The first kappa shape index (κ1) is 19.4. The molecule has 5 nitrogen and oxygen atoms in total. The first-order valence-corrected chi connectivity index (χ1v) is 10.1. The highest BCUT2D eigenvalue weighted by Crippen LogP contribution is 2.32. The van der Waals surface area contributed by atoms with Gasteiger partial charge in [-0.2, -0.15) is 0 Å². The van der Waals surface area contributed by atoms with Gasteiger partial charge in [-0.3, -0.25) is 4.90 Å². The zero-order valence-corrected chi connectivity index (χ0v) is 17.5. The molecule has 0 spiro atoms. The second kappa shape index (κ2) is 8.11. The second-order valence-electron chi connectivity index (χ2n) is 7.05. The standard InChI is InChI=1S/C20H27BrN2O3/c1-5-18(22-6-8-25-9-7-22)17-11-16-10-15(21)12-23(16)19(14(17)4)20(24)26-13(2)3/h10-13,18H,5-9H2,1-4H3. The van der Waals surface area contributed by atoms with Crippen LogP contribution in [-0.2, 0) is 9.47 Å². The van der Waals surface area contributed by atoms with Gasteiger partial charge >= 0.3 is 5.97 Å². The number of ether oxygens (including phenoxy) is 2. The van der Waals surface area contributed by atoms with Crippen molar-refractivity contribution in [2.45, 2.75) is 46.3 Å². The molecule has 0 amide bonds. The van der Waals surface area contributed by atoms with Crippen molar-refractivity contribution in [3.8, 4) is 0 Å². The Morgan fingerprint density at radius 2 is 2.00 bits per heavy atom. The highest BCUT2D eigenvalue weighted by atomic mass is 79.9. The third-order valence-electron chi connectivity index (χ3n) is 4.92. The van der Waals surface area contributed by atoms with E-state index in [2.05, 4.69) is 33.8 Å². The van der Waals surface area contributed by atoms with E-state index in [9.17, 15) is 4.79 Å². The average molecular weight is 423 g/mol. The van der Waals surface area contributed by atoms with Crippen LogP contribution in [0.5, 0.6) is 0 Å². The molecule has 3 rings (SSSR count). The molecular weight excluding hydrogens is 396 g/mol. The molecule has 0 N–H and O–H groups in total. The normalized spacial score (nSPS) is 17.0. The molecule has 26 heavy (non-hydrogen) atoms. The largest absolute Gasteiger partial charge is 0.458 e. The highest BCUT2D eigenvalue weighted by Gasteiger charge is 2.27. The minimum absolute atomic E-state index is 0.152. The van der Waals surface area contributed by atoms with Crippen LogP contribution in [0, 0.1) is 6.92 Å². The lowest BCUT2D eigenvalue weighted by Gasteiger charge is -2.35. The predicted octanol–water partition coefficient (Wildman–Crippen LogP) is 4.36. The quantitative estimate of drug-likeness (QED) is 0.671. The molecule has 2 aromatic heterocycles. The molecule has 0 aromatic carbocycles. The second-order valence-corrected chi connectivity index (χ2v) is 7.97. The molecule has 0 radical (unpaired) electrons. The Hall–Kier alpha value is -1.37. The van der Waals surface area contributed by atoms with Crippen molar-refractivity contribution >= 4 is 27.4 Å². The number of fused-ring (bicyclic) bond motifs is 1. The minimum Gasteiger partial charge on any atom is -0.458 e. The van der Waals surface area contributed by atoms with Gasteiger partial charge in [-0.1, -0.05) is 6.92 Å². The van der Waals surface area contributed by atoms with Gasteiger partial charge in [-0.05, 0) is 66.4 Å². The number of halogens is 1. The van der Waals surface area contributed by atoms with Crippen LogP contribution < -0.4 is 0 Å². The summed E-state index contributed by atoms with van der Waals surface area (Å²) in [5.41, 5.74) is 3.80. The van der Waals surface area contributed by atoms with Crippen LogP contribution >= 0.6 is 15.9 Å². The van der Waals surface area contributed by atoms with Crippen molar-refractivity contribution in [2.24, 2.45) is 0 Å². The summed E-state index contributed by atoms with van der Waals surface area (Å²) in [4.78, 5) is 15.3. The monoisotopic (exact) mass is 422 g/mol. The molecule has 1 atom stereocenters. The molecule has 2 aromatic rings. The Labute approximate surface area is 163 Å². The summed E-state index contributed by atoms with van der Waals surface area (Å²) >= 11 is 3.54. The molecule has 1 aliphatic heterocycles. The molecule has 1 fully saturated rings. The van der Waals surface area contributed by atoms with Gasteiger partial charge in [0.1, 0.15) is 5.69 Å². The molecule has 1 saturated heterocycles. The topological polar surface area (TPSA) is 43.2 Å². The van der Waals surface area contributed by atoms with Crippen molar-refractivity contribution in [3.05, 3.63) is 39.6 Å². The Morgan fingerprint density at radius 1 is 1.31 bits per heavy atom. The number of hydrogen-bond donors (Lipinski definition) is 0. The summed E-state index contributed by atoms with van der Waals surface area (Å²) in [5, 5.41) is 0. The summed E-state index contributed by atoms with van der Waals surface area (Å²) in [6.45, 7) is 11.3. The van der Waals surface area contributed by atoms with E-state index in [0.29, 0.717) is 5.69 Å². The lowest BCUT2D eigenvalue weighted by atomic mass is 9.96. The van der Waals surface area contributed by atoms with Gasteiger partial charge in [0.05, 0.1) is 19.3 Å². The molecule has 0 saturated carbocycles. The average Bonchev–Trinajstić information content (AvgIpc) is 2.95. The van der Waals surface area contributed by atoms with E-state index in [4.69, 9.17) is 9.47 Å². The fourth-order valence-corrected chi connectivity index (χ4v) is 4.21. The maximum absolute atomic E-state index is 12.8. The smallest absolute Gasteiger partial charge is 0.355 e. The van der Waals surface area contributed by atoms with E-state index in [0.717, 1.165) is 48.3 Å². The lowest BCUT2D eigenvalue weighted by Crippen LogP contribution is -2.39. The number of nitrogens with zero attached hydrogens (tertiary/aromatic N) is 2. The van der Waals surface area contributed by atoms with Crippen LogP contribution in [0.25, 0.3) is 5.52 Å². The van der Waals surface area contributed by atoms with Crippen LogP contribution in [0.1, 0.15) is 54.8 Å². The number of carbonyl (C=O) groups is 1. The molecule has 142 valence electrons. The molecule has 0 bridgehead atoms. The molecule has 1 unspecified atom stereocenters. The summed E-state index contributed by atoms with van der Waals surface area (Å²) in [6.07, 6.45) is 2.76. The van der Waals surface area contributed by atoms with E-state index in [1.807, 2.05) is 37.4 Å². The van der Waals surface area contributed by atoms with Crippen LogP contribution in [0.4, 0.5) is 0 Å². The summed E-state index contributed by atoms with van der Waals surface area (Å²) in [6, 6.07) is 4.51. The summed E-state index contributed by atoms with van der Waals surface area (Å²) in [7, 11) is 0. The Kier molecular flexibility index (Phi) is 6.05. The van der Waals surface area contributed by atoms with Crippen LogP contribution in [0.2, 0.25) is 0 Å². The van der Waals surface area contributed by atoms with E-state index >= 15 is 0 Å². The van der Waals surface area contributed by atoms with Gasteiger partial charge in [0.2, 0.25) is 0 Å². The van der Waals surface area contributed by atoms with E-state index in [-0.39, 0.29) is 18.1 Å². The third kappa shape index (κ3) is 3.82. The lowest BCUT2D eigenvalue weighted by molar-refractivity contribution is 0.0150. The first-order chi connectivity index (χ1) is 12.4. The highest BCUT2D eigenvalue weighted by molar-refractivity contribution is 9.10. The predicted molar refractivity (Wildman–Crippen MR) is 106 cm³/mol. The zero-order valence-electron chi connectivity index (χ0n) is 15.9. The van der Waals surface area contributed by atoms with Gasteiger partial charge in [-0.25, -0.2) is 4.79 Å². The number of rotatable bonds is 5. The molecule has 1 aliphatic rings. The summed E-state index contributed by atoms with van der Waals surface area (Å²) < 4.78 is 13.9.